The number of aliphatic hydroxyl groups excluding tert-OH is 1. The Kier molecular flexibility index (Phi) is 2.34. The highest BCUT2D eigenvalue weighted by atomic mass is 16.3. The van der Waals surface area contributed by atoms with Gasteiger partial charge in [0.05, 0.1) is 0 Å². The van der Waals surface area contributed by atoms with E-state index in [0.29, 0.717) is 6.04 Å². The number of fused-ring (bicyclic) bond motifs is 1. The van der Waals surface area contributed by atoms with Gasteiger partial charge in [0.25, 0.3) is 0 Å². The van der Waals surface area contributed by atoms with Crippen molar-refractivity contribution >= 4 is 0 Å². The minimum atomic E-state index is 0.267. The van der Waals surface area contributed by atoms with Crippen molar-refractivity contribution in [2.45, 2.75) is 19.0 Å². The summed E-state index contributed by atoms with van der Waals surface area (Å²) in [5.41, 5.74) is 2.79. The fraction of sp³-hybridized carbons (Fsp3) is 0.455. The van der Waals surface area contributed by atoms with Gasteiger partial charge in [0.15, 0.2) is 0 Å². The minimum absolute atomic E-state index is 0.267. The van der Waals surface area contributed by atoms with Crippen molar-refractivity contribution in [3.63, 3.8) is 0 Å². The van der Waals surface area contributed by atoms with Gasteiger partial charge in [0.1, 0.15) is 0 Å². The molecule has 13 heavy (non-hydrogen) atoms. The normalized spacial score (nSPS) is 21.8. The van der Waals surface area contributed by atoms with Crippen molar-refractivity contribution in [1.82, 2.24) is 4.90 Å². The van der Waals surface area contributed by atoms with Gasteiger partial charge in [-0.3, -0.25) is 4.90 Å². The Hall–Kier alpha value is -0.860. The first kappa shape index (κ1) is 8.73. The second-order valence-electron chi connectivity index (χ2n) is 3.64. The maximum atomic E-state index is 8.94. The minimum Gasteiger partial charge on any atom is -0.396 e. The Balaban J connectivity index is 2.29. The second kappa shape index (κ2) is 3.48. The predicted octanol–water partition coefficient (Wildman–Crippen LogP) is 1.56. The molecular formula is C11H15NO. The Bertz CT molecular complexity index is 298. The van der Waals surface area contributed by atoms with Crippen LogP contribution in [-0.2, 0) is 6.54 Å². The molecule has 1 N–H and O–H groups in total. The average molecular weight is 177 g/mol. The van der Waals surface area contributed by atoms with E-state index in [1.807, 2.05) is 0 Å². The van der Waals surface area contributed by atoms with Crippen molar-refractivity contribution in [1.29, 1.82) is 0 Å². The van der Waals surface area contributed by atoms with E-state index >= 15 is 0 Å². The summed E-state index contributed by atoms with van der Waals surface area (Å²) in [5.74, 6) is 0. The van der Waals surface area contributed by atoms with Gasteiger partial charge in [-0.25, -0.2) is 0 Å². The molecule has 1 atom stereocenters. The fourth-order valence-corrected chi connectivity index (χ4v) is 2.12. The third-order valence-electron chi connectivity index (χ3n) is 2.77. The summed E-state index contributed by atoms with van der Waals surface area (Å²) in [5, 5.41) is 8.94. The number of aliphatic hydroxyl groups is 1. The molecule has 2 rings (SSSR count). The fourth-order valence-electron chi connectivity index (χ4n) is 2.12. The van der Waals surface area contributed by atoms with Crippen LogP contribution in [0, 0.1) is 0 Å². The average Bonchev–Trinajstić information content (AvgIpc) is 2.44. The van der Waals surface area contributed by atoms with Crippen molar-refractivity contribution in [2.24, 2.45) is 0 Å². The van der Waals surface area contributed by atoms with Crippen LogP contribution in [0.4, 0.5) is 0 Å². The quantitative estimate of drug-likeness (QED) is 0.741. The standard InChI is InChI=1S/C11H15NO/c1-12-8-9-4-2-3-5-10(9)11(12)6-7-13/h2-5,11,13H,6-8H2,1H3/t11-/m0/s1. The van der Waals surface area contributed by atoms with E-state index in [0.717, 1.165) is 13.0 Å². The number of hydrogen-bond acceptors (Lipinski definition) is 2. The van der Waals surface area contributed by atoms with Crippen molar-refractivity contribution in [2.75, 3.05) is 13.7 Å². The summed E-state index contributed by atoms with van der Waals surface area (Å²) in [4.78, 5) is 2.29. The van der Waals surface area contributed by atoms with Crippen molar-refractivity contribution < 1.29 is 5.11 Å². The molecular weight excluding hydrogens is 162 g/mol. The van der Waals surface area contributed by atoms with Gasteiger partial charge in [0.2, 0.25) is 0 Å². The topological polar surface area (TPSA) is 23.5 Å². The van der Waals surface area contributed by atoms with E-state index < -0.39 is 0 Å². The number of benzene rings is 1. The zero-order chi connectivity index (χ0) is 9.26. The van der Waals surface area contributed by atoms with Crippen LogP contribution in [0.2, 0.25) is 0 Å². The molecule has 1 aliphatic rings. The summed E-state index contributed by atoms with van der Waals surface area (Å²) < 4.78 is 0. The summed E-state index contributed by atoms with van der Waals surface area (Å²) in [6.07, 6.45) is 0.841. The van der Waals surface area contributed by atoms with Gasteiger partial charge >= 0.3 is 0 Å². The Morgan fingerprint density at radius 3 is 3.00 bits per heavy atom. The van der Waals surface area contributed by atoms with E-state index in [4.69, 9.17) is 5.11 Å². The molecule has 0 aliphatic carbocycles. The maximum absolute atomic E-state index is 8.94. The number of hydrogen-bond donors (Lipinski definition) is 1. The van der Waals surface area contributed by atoms with E-state index in [-0.39, 0.29) is 6.61 Å². The van der Waals surface area contributed by atoms with Crippen molar-refractivity contribution in [3.8, 4) is 0 Å². The smallest absolute Gasteiger partial charge is 0.0449 e. The SMILES string of the molecule is CN1Cc2ccccc2[C@@H]1CCO. The molecule has 0 saturated heterocycles. The molecule has 0 bridgehead atoms. The molecule has 1 aromatic carbocycles. The predicted molar refractivity (Wildman–Crippen MR) is 52.4 cm³/mol. The van der Waals surface area contributed by atoms with E-state index in [1.54, 1.807) is 0 Å². The Morgan fingerprint density at radius 1 is 1.46 bits per heavy atom. The highest BCUT2D eigenvalue weighted by Crippen LogP contribution is 2.33. The lowest BCUT2D eigenvalue weighted by atomic mass is 10.0. The Labute approximate surface area is 78.8 Å². The number of nitrogens with zero attached hydrogens (tertiary/aromatic N) is 1. The van der Waals surface area contributed by atoms with Gasteiger partial charge in [0, 0.05) is 19.2 Å². The largest absolute Gasteiger partial charge is 0.396 e. The van der Waals surface area contributed by atoms with Crippen LogP contribution in [0.1, 0.15) is 23.6 Å². The van der Waals surface area contributed by atoms with Gasteiger partial charge in [-0.05, 0) is 24.6 Å². The first-order valence-corrected chi connectivity index (χ1v) is 4.72. The highest BCUT2D eigenvalue weighted by molar-refractivity contribution is 5.33. The summed E-state index contributed by atoms with van der Waals surface area (Å²) in [6, 6.07) is 8.90. The molecule has 1 aromatic rings. The molecule has 0 amide bonds. The van der Waals surface area contributed by atoms with Gasteiger partial charge < -0.3 is 5.11 Å². The lowest BCUT2D eigenvalue weighted by molar-refractivity contribution is 0.199. The van der Waals surface area contributed by atoms with Gasteiger partial charge in [-0.1, -0.05) is 24.3 Å². The van der Waals surface area contributed by atoms with Crippen LogP contribution in [0.15, 0.2) is 24.3 Å². The zero-order valence-electron chi connectivity index (χ0n) is 7.90. The van der Waals surface area contributed by atoms with Crippen LogP contribution < -0.4 is 0 Å². The third-order valence-corrected chi connectivity index (χ3v) is 2.77. The molecule has 70 valence electrons. The second-order valence-corrected chi connectivity index (χ2v) is 3.64. The summed E-state index contributed by atoms with van der Waals surface area (Å²) in [7, 11) is 2.11. The first-order chi connectivity index (χ1) is 6.33. The highest BCUT2D eigenvalue weighted by Gasteiger charge is 2.25. The molecule has 0 unspecified atom stereocenters. The van der Waals surface area contributed by atoms with E-state index in [2.05, 4.69) is 36.2 Å². The van der Waals surface area contributed by atoms with Crippen LogP contribution in [0.5, 0.6) is 0 Å². The van der Waals surface area contributed by atoms with Crippen LogP contribution >= 0.6 is 0 Å². The van der Waals surface area contributed by atoms with E-state index in [9.17, 15) is 0 Å². The number of rotatable bonds is 2. The molecule has 0 aromatic heterocycles. The Morgan fingerprint density at radius 2 is 2.23 bits per heavy atom. The molecule has 1 heterocycles. The van der Waals surface area contributed by atoms with E-state index in [1.165, 1.54) is 11.1 Å². The summed E-state index contributed by atoms with van der Waals surface area (Å²) in [6.45, 7) is 1.28. The monoisotopic (exact) mass is 177 g/mol. The lowest BCUT2D eigenvalue weighted by Crippen LogP contribution is -2.17. The van der Waals surface area contributed by atoms with Crippen LogP contribution in [0.3, 0.4) is 0 Å². The molecule has 0 spiro atoms. The van der Waals surface area contributed by atoms with Crippen LogP contribution in [-0.4, -0.2) is 23.7 Å². The molecule has 0 saturated carbocycles. The summed E-state index contributed by atoms with van der Waals surface area (Å²) >= 11 is 0. The van der Waals surface area contributed by atoms with Gasteiger partial charge in [-0.2, -0.15) is 0 Å². The van der Waals surface area contributed by atoms with Crippen LogP contribution in [0.25, 0.3) is 0 Å². The molecule has 0 radical (unpaired) electrons. The first-order valence-electron chi connectivity index (χ1n) is 4.72. The molecule has 2 heteroatoms. The molecule has 2 nitrogen and oxygen atoms in total. The lowest BCUT2D eigenvalue weighted by Gasteiger charge is -2.18. The van der Waals surface area contributed by atoms with Gasteiger partial charge in [-0.15, -0.1) is 0 Å². The molecule has 1 aliphatic heterocycles. The maximum Gasteiger partial charge on any atom is 0.0449 e. The zero-order valence-corrected chi connectivity index (χ0v) is 7.90. The third kappa shape index (κ3) is 1.47. The van der Waals surface area contributed by atoms with Crippen molar-refractivity contribution in [3.05, 3.63) is 35.4 Å². The molecule has 0 fully saturated rings.